The molecule has 0 aliphatic carbocycles. The van der Waals surface area contributed by atoms with Crippen LogP contribution in [0.1, 0.15) is 5.82 Å². The normalized spacial score (nSPS) is 16.0. The van der Waals surface area contributed by atoms with Gasteiger partial charge in [0, 0.05) is 38.2 Å². The predicted octanol–water partition coefficient (Wildman–Crippen LogP) is 0.178. The molecule has 0 aromatic carbocycles. The van der Waals surface area contributed by atoms with Crippen molar-refractivity contribution in [1.82, 2.24) is 24.2 Å². The zero-order valence-electron chi connectivity index (χ0n) is 9.66. The molecule has 0 unspecified atom stereocenters. The summed E-state index contributed by atoms with van der Waals surface area (Å²) in [6.45, 7) is 4.87. The number of hydrogen-bond acceptors (Lipinski definition) is 4. The Labute approximate surface area is 99.7 Å². The second-order valence-electron chi connectivity index (χ2n) is 4.35. The highest BCUT2D eigenvalue weighted by atomic mass is 15.3. The molecule has 0 radical (unpaired) electrons. The van der Waals surface area contributed by atoms with Gasteiger partial charge < -0.3 is 10.3 Å². The number of anilines is 1. The third-order valence-electron chi connectivity index (χ3n) is 3.12. The Kier molecular flexibility index (Phi) is 2.56. The first-order chi connectivity index (χ1) is 8.31. The third-order valence-corrected chi connectivity index (χ3v) is 3.12. The summed E-state index contributed by atoms with van der Waals surface area (Å²) in [6, 6.07) is 0. The van der Waals surface area contributed by atoms with Crippen molar-refractivity contribution in [2.24, 2.45) is 0 Å². The topological polar surface area (TPSA) is 64.9 Å². The second kappa shape index (κ2) is 4.21. The van der Waals surface area contributed by atoms with Crippen LogP contribution < -0.4 is 5.73 Å². The summed E-state index contributed by atoms with van der Waals surface area (Å²) in [4.78, 5) is 6.73. The molecule has 3 rings (SSSR count). The van der Waals surface area contributed by atoms with Crippen LogP contribution in [-0.2, 0) is 19.6 Å². The molecule has 2 N–H and O–H groups in total. The van der Waals surface area contributed by atoms with Crippen LogP contribution in [0.15, 0.2) is 24.8 Å². The smallest absolute Gasteiger partial charge is 0.122 e. The van der Waals surface area contributed by atoms with E-state index < -0.39 is 0 Å². The number of nitrogen functional groups attached to an aromatic ring is 1. The van der Waals surface area contributed by atoms with E-state index in [-0.39, 0.29) is 0 Å². The van der Waals surface area contributed by atoms with E-state index in [0.29, 0.717) is 0 Å². The zero-order chi connectivity index (χ0) is 11.7. The van der Waals surface area contributed by atoms with Crippen LogP contribution in [-0.4, -0.2) is 37.3 Å². The van der Waals surface area contributed by atoms with E-state index in [1.54, 1.807) is 6.20 Å². The third kappa shape index (κ3) is 2.16. The van der Waals surface area contributed by atoms with Crippen LogP contribution in [0.5, 0.6) is 0 Å². The van der Waals surface area contributed by atoms with Crippen LogP contribution in [0.3, 0.4) is 0 Å². The molecule has 3 heterocycles. The molecule has 90 valence electrons. The van der Waals surface area contributed by atoms with Gasteiger partial charge in [0.1, 0.15) is 5.82 Å². The largest absolute Gasteiger partial charge is 0.396 e. The first kappa shape index (κ1) is 10.3. The lowest BCUT2D eigenvalue weighted by molar-refractivity contribution is 0.206. The molecular formula is C11H16N6. The highest BCUT2D eigenvalue weighted by Crippen LogP contribution is 2.10. The van der Waals surface area contributed by atoms with E-state index in [2.05, 4.69) is 19.5 Å². The molecule has 0 saturated carbocycles. The molecule has 2 aromatic rings. The fourth-order valence-electron chi connectivity index (χ4n) is 2.16. The number of rotatable bonds is 3. The van der Waals surface area contributed by atoms with Gasteiger partial charge in [0.25, 0.3) is 0 Å². The van der Waals surface area contributed by atoms with Crippen molar-refractivity contribution in [1.29, 1.82) is 0 Å². The van der Waals surface area contributed by atoms with Crippen LogP contribution in [0.2, 0.25) is 0 Å². The Morgan fingerprint density at radius 1 is 1.29 bits per heavy atom. The second-order valence-corrected chi connectivity index (χ2v) is 4.35. The van der Waals surface area contributed by atoms with E-state index in [0.717, 1.165) is 44.2 Å². The molecule has 0 atom stereocenters. The highest BCUT2D eigenvalue weighted by Gasteiger charge is 2.15. The number of hydrogen-bond donors (Lipinski definition) is 1. The molecule has 17 heavy (non-hydrogen) atoms. The molecule has 0 bridgehead atoms. The Balaban J connectivity index is 1.57. The quantitative estimate of drug-likeness (QED) is 0.819. The minimum Gasteiger partial charge on any atom is -0.396 e. The van der Waals surface area contributed by atoms with Crippen molar-refractivity contribution in [2.75, 3.05) is 18.8 Å². The molecule has 0 spiro atoms. The molecule has 1 aliphatic heterocycles. The van der Waals surface area contributed by atoms with Crippen molar-refractivity contribution >= 4 is 5.69 Å². The van der Waals surface area contributed by atoms with Gasteiger partial charge in [-0.1, -0.05) is 0 Å². The van der Waals surface area contributed by atoms with Crippen LogP contribution >= 0.6 is 0 Å². The van der Waals surface area contributed by atoms with Crippen LogP contribution in [0.25, 0.3) is 0 Å². The molecule has 6 nitrogen and oxygen atoms in total. The molecule has 1 aliphatic rings. The average Bonchev–Trinajstić information content (AvgIpc) is 2.94. The summed E-state index contributed by atoms with van der Waals surface area (Å²) in [5.41, 5.74) is 6.35. The minimum atomic E-state index is 0.721. The van der Waals surface area contributed by atoms with Gasteiger partial charge in [-0.15, -0.1) is 0 Å². The summed E-state index contributed by atoms with van der Waals surface area (Å²) in [6.07, 6.45) is 7.46. The van der Waals surface area contributed by atoms with Crippen molar-refractivity contribution in [3.63, 3.8) is 0 Å². The molecule has 0 amide bonds. The van der Waals surface area contributed by atoms with Crippen molar-refractivity contribution in [2.45, 2.75) is 19.6 Å². The van der Waals surface area contributed by atoms with E-state index in [9.17, 15) is 0 Å². The maximum Gasteiger partial charge on any atom is 0.122 e. The van der Waals surface area contributed by atoms with Crippen LogP contribution in [0, 0.1) is 0 Å². The summed E-state index contributed by atoms with van der Waals surface area (Å²) in [5, 5.41) is 4.18. The number of fused-ring (bicyclic) bond motifs is 1. The van der Waals surface area contributed by atoms with E-state index in [4.69, 9.17) is 5.73 Å². The first-order valence-electron chi connectivity index (χ1n) is 5.81. The van der Waals surface area contributed by atoms with Gasteiger partial charge in [-0.3, -0.25) is 9.58 Å². The van der Waals surface area contributed by atoms with E-state index in [1.807, 2.05) is 23.3 Å². The van der Waals surface area contributed by atoms with Gasteiger partial charge in [0.15, 0.2) is 0 Å². The first-order valence-corrected chi connectivity index (χ1v) is 5.81. The van der Waals surface area contributed by atoms with Crippen molar-refractivity contribution < 1.29 is 0 Å². The van der Waals surface area contributed by atoms with Gasteiger partial charge in [-0.25, -0.2) is 4.98 Å². The maximum atomic E-state index is 5.63. The Morgan fingerprint density at radius 3 is 3.06 bits per heavy atom. The van der Waals surface area contributed by atoms with Crippen molar-refractivity contribution in [3.05, 3.63) is 30.6 Å². The number of nitrogens with zero attached hydrogens (tertiary/aromatic N) is 5. The van der Waals surface area contributed by atoms with Gasteiger partial charge in [-0.05, 0) is 0 Å². The molecule has 6 heteroatoms. The van der Waals surface area contributed by atoms with Crippen LogP contribution in [0.4, 0.5) is 5.69 Å². The minimum absolute atomic E-state index is 0.721. The zero-order valence-corrected chi connectivity index (χ0v) is 9.66. The summed E-state index contributed by atoms with van der Waals surface area (Å²) in [7, 11) is 0. The number of aromatic nitrogens is 4. The number of imidazole rings is 1. The maximum absolute atomic E-state index is 5.63. The summed E-state index contributed by atoms with van der Waals surface area (Å²) < 4.78 is 4.10. The Hall–Kier alpha value is -1.82. The van der Waals surface area contributed by atoms with Crippen molar-refractivity contribution in [3.8, 4) is 0 Å². The average molecular weight is 232 g/mol. The standard InChI is InChI=1S/C11H16N6/c12-10-7-14-17(8-10)6-4-15-3-5-16-2-1-13-11(16)9-15/h1-2,7-8H,3-6,9,12H2. The van der Waals surface area contributed by atoms with Gasteiger partial charge in [-0.2, -0.15) is 5.10 Å². The Morgan fingerprint density at radius 2 is 2.24 bits per heavy atom. The molecule has 2 aromatic heterocycles. The van der Waals surface area contributed by atoms with E-state index in [1.165, 1.54) is 0 Å². The summed E-state index contributed by atoms with van der Waals surface area (Å²) in [5.74, 6) is 1.15. The van der Waals surface area contributed by atoms with Gasteiger partial charge in [0.2, 0.25) is 0 Å². The lowest BCUT2D eigenvalue weighted by Crippen LogP contribution is -2.35. The predicted molar refractivity (Wildman–Crippen MR) is 64.1 cm³/mol. The SMILES string of the molecule is Nc1cnn(CCN2CCn3ccnc3C2)c1. The fraction of sp³-hybridized carbons (Fsp3) is 0.455. The Bertz CT molecular complexity index is 500. The lowest BCUT2D eigenvalue weighted by Gasteiger charge is -2.27. The number of nitrogens with two attached hydrogens (primary N) is 1. The monoisotopic (exact) mass is 232 g/mol. The van der Waals surface area contributed by atoms with E-state index >= 15 is 0 Å². The van der Waals surface area contributed by atoms with Gasteiger partial charge in [0.05, 0.1) is 25.0 Å². The molecular weight excluding hydrogens is 216 g/mol. The highest BCUT2D eigenvalue weighted by molar-refractivity contribution is 5.30. The molecule has 0 saturated heterocycles. The van der Waals surface area contributed by atoms with Gasteiger partial charge >= 0.3 is 0 Å². The molecule has 0 fully saturated rings. The fourth-order valence-corrected chi connectivity index (χ4v) is 2.16. The summed E-state index contributed by atoms with van der Waals surface area (Å²) >= 11 is 0. The lowest BCUT2D eigenvalue weighted by atomic mass is 10.3.